The zero-order chi connectivity index (χ0) is 13.7. The molecule has 98 valence electrons. The van der Waals surface area contributed by atoms with Gasteiger partial charge < -0.3 is 10.2 Å². The third-order valence-electron chi connectivity index (χ3n) is 2.47. The number of halogens is 2. The van der Waals surface area contributed by atoms with Crippen molar-refractivity contribution in [1.82, 2.24) is 10.2 Å². The summed E-state index contributed by atoms with van der Waals surface area (Å²) in [5.41, 5.74) is 0.168. The number of hydrogen-bond acceptors (Lipinski definition) is 2. The molecule has 0 radical (unpaired) electrons. The highest BCUT2D eigenvalue weighted by atomic mass is 79.9. The van der Waals surface area contributed by atoms with Gasteiger partial charge >= 0.3 is 0 Å². The highest BCUT2D eigenvalue weighted by Crippen LogP contribution is 2.17. The zero-order valence-electron chi connectivity index (χ0n) is 10.2. The number of hydrogen-bond donors (Lipinski definition) is 1. The van der Waals surface area contributed by atoms with Crippen molar-refractivity contribution in [3.63, 3.8) is 0 Å². The van der Waals surface area contributed by atoms with E-state index in [1.807, 2.05) is 6.92 Å². The molecule has 1 rings (SSSR count). The Labute approximate surface area is 113 Å². The van der Waals surface area contributed by atoms with Crippen LogP contribution >= 0.6 is 15.9 Å². The lowest BCUT2D eigenvalue weighted by Gasteiger charge is -2.14. The third kappa shape index (κ3) is 3.80. The van der Waals surface area contributed by atoms with Crippen LogP contribution in [0.1, 0.15) is 17.3 Å². The lowest BCUT2D eigenvalue weighted by atomic mass is 10.2. The van der Waals surface area contributed by atoms with Crippen molar-refractivity contribution in [1.29, 1.82) is 0 Å². The Bertz CT molecular complexity index is 465. The Morgan fingerprint density at radius 1 is 1.44 bits per heavy atom. The van der Waals surface area contributed by atoms with Crippen LogP contribution < -0.4 is 5.32 Å². The number of rotatable bonds is 4. The molecule has 2 amide bonds. The number of nitrogens with one attached hydrogen (secondary N) is 1. The van der Waals surface area contributed by atoms with Gasteiger partial charge in [-0.05, 0) is 41.1 Å². The summed E-state index contributed by atoms with van der Waals surface area (Å²) in [5.74, 6) is -1.18. The monoisotopic (exact) mass is 316 g/mol. The summed E-state index contributed by atoms with van der Waals surface area (Å²) >= 11 is 3.16. The van der Waals surface area contributed by atoms with Crippen LogP contribution in [0, 0.1) is 5.82 Å². The first kappa shape index (κ1) is 14.6. The summed E-state index contributed by atoms with van der Waals surface area (Å²) in [6, 6.07) is 3.81. The summed E-state index contributed by atoms with van der Waals surface area (Å²) in [4.78, 5) is 24.7. The van der Waals surface area contributed by atoms with Gasteiger partial charge in [-0.3, -0.25) is 9.59 Å². The van der Waals surface area contributed by atoms with Gasteiger partial charge in [0.25, 0.3) is 5.91 Å². The summed E-state index contributed by atoms with van der Waals surface area (Å²) in [6.07, 6.45) is 0. The van der Waals surface area contributed by atoms with Crippen molar-refractivity contribution < 1.29 is 14.0 Å². The molecule has 0 spiro atoms. The van der Waals surface area contributed by atoms with Crippen LogP contribution in [0.3, 0.4) is 0 Å². The first-order chi connectivity index (χ1) is 8.45. The highest BCUT2D eigenvalue weighted by Gasteiger charge is 2.13. The van der Waals surface area contributed by atoms with Crippen molar-refractivity contribution >= 4 is 27.7 Å². The second-order valence-corrected chi connectivity index (χ2v) is 4.57. The summed E-state index contributed by atoms with van der Waals surface area (Å²) in [5, 5.41) is 2.46. The van der Waals surface area contributed by atoms with E-state index in [9.17, 15) is 14.0 Å². The van der Waals surface area contributed by atoms with E-state index < -0.39 is 11.7 Å². The molecule has 0 unspecified atom stereocenters. The summed E-state index contributed by atoms with van der Waals surface area (Å²) in [6.45, 7) is 2.30. The SMILES string of the molecule is CCN(C)C(=O)CNC(=O)c1cc(F)ccc1Br. The molecule has 18 heavy (non-hydrogen) atoms. The molecule has 1 aromatic carbocycles. The molecule has 0 bridgehead atoms. The number of amides is 2. The van der Waals surface area contributed by atoms with Gasteiger partial charge in [0.1, 0.15) is 5.82 Å². The molecule has 0 heterocycles. The first-order valence-electron chi connectivity index (χ1n) is 5.43. The van der Waals surface area contributed by atoms with Crippen LogP contribution in [-0.4, -0.2) is 36.9 Å². The standard InChI is InChI=1S/C12H14BrFN2O2/c1-3-16(2)11(17)7-15-12(18)9-6-8(14)4-5-10(9)13/h4-6H,3,7H2,1-2H3,(H,15,18). The number of likely N-dealkylation sites (N-methyl/N-ethyl adjacent to an activating group) is 1. The van der Waals surface area contributed by atoms with Crippen LogP contribution in [0.2, 0.25) is 0 Å². The molecular weight excluding hydrogens is 303 g/mol. The molecular formula is C12H14BrFN2O2. The van der Waals surface area contributed by atoms with Crippen molar-refractivity contribution in [3.8, 4) is 0 Å². The smallest absolute Gasteiger partial charge is 0.252 e. The van der Waals surface area contributed by atoms with E-state index in [-0.39, 0.29) is 18.0 Å². The van der Waals surface area contributed by atoms with E-state index in [4.69, 9.17) is 0 Å². The quantitative estimate of drug-likeness (QED) is 0.920. The predicted octanol–water partition coefficient (Wildman–Crippen LogP) is 1.80. The fraction of sp³-hybridized carbons (Fsp3) is 0.333. The van der Waals surface area contributed by atoms with Gasteiger partial charge in [-0.15, -0.1) is 0 Å². The Morgan fingerprint density at radius 2 is 2.11 bits per heavy atom. The molecule has 1 aromatic rings. The lowest BCUT2D eigenvalue weighted by Crippen LogP contribution is -2.38. The van der Waals surface area contributed by atoms with Crippen molar-refractivity contribution in [2.75, 3.05) is 20.1 Å². The van der Waals surface area contributed by atoms with Gasteiger partial charge in [-0.1, -0.05) is 0 Å². The van der Waals surface area contributed by atoms with Crippen LogP contribution in [-0.2, 0) is 4.79 Å². The fourth-order valence-corrected chi connectivity index (χ4v) is 1.66. The minimum Gasteiger partial charge on any atom is -0.345 e. The lowest BCUT2D eigenvalue weighted by molar-refractivity contribution is -0.128. The van der Waals surface area contributed by atoms with Gasteiger partial charge in [0, 0.05) is 18.1 Å². The van der Waals surface area contributed by atoms with Crippen molar-refractivity contribution in [3.05, 3.63) is 34.1 Å². The third-order valence-corrected chi connectivity index (χ3v) is 3.16. The molecule has 0 aromatic heterocycles. The van der Waals surface area contributed by atoms with Gasteiger partial charge in [-0.25, -0.2) is 4.39 Å². The number of carbonyl (C=O) groups is 2. The minimum absolute atomic E-state index is 0.105. The molecule has 0 fully saturated rings. The Hall–Kier alpha value is -1.43. The molecule has 0 saturated heterocycles. The molecule has 4 nitrogen and oxygen atoms in total. The molecule has 0 aliphatic heterocycles. The van der Waals surface area contributed by atoms with Gasteiger partial charge in [-0.2, -0.15) is 0 Å². The van der Waals surface area contributed by atoms with Crippen molar-refractivity contribution in [2.24, 2.45) is 0 Å². The Balaban J connectivity index is 2.66. The van der Waals surface area contributed by atoms with E-state index in [2.05, 4.69) is 21.2 Å². The van der Waals surface area contributed by atoms with E-state index in [0.29, 0.717) is 11.0 Å². The van der Waals surface area contributed by atoms with Crippen LogP contribution in [0.4, 0.5) is 4.39 Å². The van der Waals surface area contributed by atoms with E-state index in [1.165, 1.54) is 17.0 Å². The molecule has 0 aliphatic rings. The summed E-state index contributed by atoms with van der Waals surface area (Å²) < 4.78 is 13.5. The molecule has 6 heteroatoms. The van der Waals surface area contributed by atoms with Crippen LogP contribution in [0.5, 0.6) is 0 Å². The van der Waals surface area contributed by atoms with Gasteiger partial charge in [0.05, 0.1) is 12.1 Å². The Morgan fingerprint density at radius 3 is 2.72 bits per heavy atom. The van der Waals surface area contributed by atoms with E-state index in [0.717, 1.165) is 6.07 Å². The summed E-state index contributed by atoms with van der Waals surface area (Å²) in [7, 11) is 1.65. The van der Waals surface area contributed by atoms with Crippen molar-refractivity contribution in [2.45, 2.75) is 6.92 Å². The highest BCUT2D eigenvalue weighted by molar-refractivity contribution is 9.10. The van der Waals surface area contributed by atoms with Gasteiger partial charge in [0.2, 0.25) is 5.91 Å². The average molecular weight is 317 g/mol. The average Bonchev–Trinajstić information content (AvgIpc) is 2.37. The van der Waals surface area contributed by atoms with Crippen LogP contribution in [0.25, 0.3) is 0 Å². The van der Waals surface area contributed by atoms with E-state index in [1.54, 1.807) is 7.05 Å². The Kier molecular flexibility index (Phi) is 5.27. The molecule has 0 aliphatic carbocycles. The zero-order valence-corrected chi connectivity index (χ0v) is 11.8. The largest absolute Gasteiger partial charge is 0.345 e. The number of nitrogens with zero attached hydrogens (tertiary/aromatic N) is 1. The molecule has 1 N–H and O–H groups in total. The second-order valence-electron chi connectivity index (χ2n) is 3.71. The predicted molar refractivity (Wildman–Crippen MR) is 69.7 cm³/mol. The fourth-order valence-electron chi connectivity index (χ4n) is 1.23. The second kappa shape index (κ2) is 6.49. The maximum atomic E-state index is 13.0. The maximum absolute atomic E-state index is 13.0. The molecule has 0 atom stereocenters. The van der Waals surface area contributed by atoms with Crippen LogP contribution in [0.15, 0.2) is 22.7 Å². The first-order valence-corrected chi connectivity index (χ1v) is 6.22. The maximum Gasteiger partial charge on any atom is 0.252 e. The normalized spacial score (nSPS) is 10.0. The van der Waals surface area contributed by atoms with E-state index >= 15 is 0 Å². The topological polar surface area (TPSA) is 49.4 Å². The molecule has 0 saturated carbocycles. The number of benzene rings is 1. The number of carbonyl (C=O) groups excluding carboxylic acids is 2. The minimum atomic E-state index is -0.500. The van der Waals surface area contributed by atoms with Gasteiger partial charge in [0.15, 0.2) is 0 Å².